The van der Waals surface area contributed by atoms with Crippen LogP contribution in [0.2, 0.25) is 0 Å². The van der Waals surface area contributed by atoms with Crippen molar-refractivity contribution in [1.29, 1.82) is 5.26 Å². The van der Waals surface area contributed by atoms with Gasteiger partial charge >= 0.3 is 0 Å². The number of benzene rings is 3. The van der Waals surface area contributed by atoms with E-state index in [1.165, 1.54) is 16.7 Å². The Morgan fingerprint density at radius 3 is 2.30 bits per heavy atom. The van der Waals surface area contributed by atoms with E-state index in [4.69, 9.17) is 4.74 Å². The first kappa shape index (κ1) is 26.6. The molecule has 4 rings (SSSR count). The highest BCUT2D eigenvalue weighted by atomic mass is 16.5. The summed E-state index contributed by atoms with van der Waals surface area (Å²) in [4.78, 5) is 11.6. The average Bonchev–Trinajstić information content (AvgIpc) is 2.88. The van der Waals surface area contributed by atoms with Gasteiger partial charge in [-0.25, -0.2) is 0 Å². The minimum absolute atomic E-state index is 0.0776. The molecule has 1 heterocycles. The number of rotatable bonds is 7. The topological polar surface area (TPSA) is 50.1 Å². The van der Waals surface area contributed by atoms with Crippen molar-refractivity contribution in [3.63, 3.8) is 0 Å². The predicted octanol–water partition coefficient (Wildman–Crippen LogP) is 8.30. The second kappa shape index (κ2) is 11.7. The molecule has 0 saturated carbocycles. The van der Waals surface area contributed by atoms with Gasteiger partial charge in [-0.1, -0.05) is 67.6 Å². The Kier molecular flexibility index (Phi) is 8.41. The van der Waals surface area contributed by atoms with Crippen molar-refractivity contribution >= 4 is 17.4 Å². The van der Waals surface area contributed by atoms with Crippen molar-refractivity contribution in [2.75, 3.05) is 0 Å². The lowest BCUT2D eigenvalue weighted by Gasteiger charge is -2.32. The summed E-state index contributed by atoms with van der Waals surface area (Å²) < 4.78 is 5.91. The molecular weight excluding hydrogens is 454 g/mol. The molecule has 1 saturated heterocycles. The van der Waals surface area contributed by atoms with Gasteiger partial charge in [0.2, 0.25) is 0 Å². The van der Waals surface area contributed by atoms with Crippen LogP contribution >= 0.6 is 0 Å². The first-order valence-corrected chi connectivity index (χ1v) is 13.4. The largest absolute Gasteiger partial charge is 0.376 e. The average molecular weight is 492 g/mol. The summed E-state index contributed by atoms with van der Waals surface area (Å²) in [5.41, 5.74) is 9.60. The molecule has 37 heavy (non-hydrogen) atoms. The molecule has 3 aromatic carbocycles. The number of allylic oxidation sites excluding steroid dienone is 1. The summed E-state index contributed by atoms with van der Waals surface area (Å²) in [6.45, 7) is 10.2. The Hall–Kier alpha value is -3.48. The number of nitrogens with zero attached hydrogens (tertiary/aromatic N) is 1. The Morgan fingerprint density at radius 2 is 1.68 bits per heavy atom. The van der Waals surface area contributed by atoms with Crippen molar-refractivity contribution in [1.82, 2.24) is 0 Å². The zero-order valence-electron chi connectivity index (χ0n) is 22.7. The molecule has 0 spiro atoms. The molecule has 3 nitrogen and oxygen atoms in total. The van der Waals surface area contributed by atoms with Gasteiger partial charge in [-0.05, 0) is 104 Å². The van der Waals surface area contributed by atoms with Gasteiger partial charge in [0, 0.05) is 5.56 Å². The number of ether oxygens (including phenoxy) is 1. The van der Waals surface area contributed by atoms with Crippen molar-refractivity contribution in [2.45, 2.75) is 72.5 Å². The molecule has 190 valence electrons. The lowest BCUT2D eigenvalue weighted by atomic mass is 9.85. The van der Waals surface area contributed by atoms with Gasteiger partial charge in [0.05, 0.1) is 23.8 Å². The van der Waals surface area contributed by atoms with Crippen LogP contribution in [0.5, 0.6) is 0 Å². The highest BCUT2D eigenvalue weighted by Gasteiger charge is 2.25. The second-order valence-corrected chi connectivity index (χ2v) is 10.5. The van der Waals surface area contributed by atoms with E-state index in [-0.39, 0.29) is 18.0 Å². The fourth-order valence-corrected chi connectivity index (χ4v) is 5.74. The van der Waals surface area contributed by atoms with Gasteiger partial charge in [-0.3, -0.25) is 4.79 Å². The third kappa shape index (κ3) is 6.27. The zero-order valence-corrected chi connectivity index (χ0v) is 22.7. The van der Waals surface area contributed by atoms with Crippen LogP contribution in [0.15, 0.2) is 60.7 Å². The van der Waals surface area contributed by atoms with Crippen LogP contribution in [0.3, 0.4) is 0 Å². The van der Waals surface area contributed by atoms with Gasteiger partial charge in [0.25, 0.3) is 0 Å². The van der Waals surface area contributed by atoms with Crippen LogP contribution in [-0.4, -0.2) is 18.0 Å². The fraction of sp³-hybridized carbons (Fsp3) is 0.353. The van der Waals surface area contributed by atoms with Crippen LogP contribution < -0.4 is 0 Å². The van der Waals surface area contributed by atoms with Gasteiger partial charge < -0.3 is 4.74 Å². The number of ketones is 1. The SMILES string of the molecule is CCc1c(/C=C(\C)c2ccc(C(C)=O)cc2)cccc1-c1ccc(CC2CC(C)OC(C)C2)c(C#N)c1. The van der Waals surface area contributed by atoms with Crippen LogP contribution in [0.4, 0.5) is 0 Å². The first-order chi connectivity index (χ1) is 17.8. The molecule has 0 aliphatic carbocycles. The smallest absolute Gasteiger partial charge is 0.159 e. The van der Waals surface area contributed by atoms with E-state index < -0.39 is 0 Å². The molecule has 1 fully saturated rings. The molecule has 3 aromatic rings. The molecule has 2 unspecified atom stereocenters. The van der Waals surface area contributed by atoms with Gasteiger partial charge in [-0.2, -0.15) is 5.26 Å². The van der Waals surface area contributed by atoms with Crippen LogP contribution in [-0.2, 0) is 17.6 Å². The quantitative estimate of drug-likeness (QED) is 0.247. The third-order valence-electron chi connectivity index (χ3n) is 7.53. The molecule has 0 aromatic heterocycles. The Bertz CT molecular complexity index is 1330. The maximum Gasteiger partial charge on any atom is 0.159 e. The maximum absolute atomic E-state index is 11.6. The Morgan fingerprint density at radius 1 is 1.00 bits per heavy atom. The Balaban J connectivity index is 1.64. The summed E-state index contributed by atoms with van der Waals surface area (Å²) in [7, 11) is 0. The predicted molar refractivity (Wildman–Crippen MR) is 152 cm³/mol. The van der Waals surface area contributed by atoms with E-state index in [9.17, 15) is 10.1 Å². The molecule has 0 bridgehead atoms. The number of hydrogen-bond acceptors (Lipinski definition) is 3. The number of carbonyl (C=O) groups is 1. The molecular formula is C34H37NO2. The van der Waals surface area contributed by atoms with Crippen molar-refractivity contribution in [2.24, 2.45) is 5.92 Å². The number of carbonyl (C=O) groups excluding carboxylic acids is 1. The van der Waals surface area contributed by atoms with E-state index in [2.05, 4.69) is 76.2 Å². The van der Waals surface area contributed by atoms with E-state index in [0.29, 0.717) is 5.92 Å². The van der Waals surface area contributed by atoms with Crippen molar-refractivity contribution in [3.8, 4) is 17.2 Å². The molecule has 0 N–H and O–H groups in total. The number of nitriles is 1. The molecule has 3 heteroatoms. The van der Waals surface area contributed by atoms with Crippen LogP contribution in [0, 0.1) is 17.2 Å². The summed E-state index contributed by atoms with van der Waals surface area (Å²) in [5, 5.41) is 10.00. The molecule has 2 atom stereocenters. The maximum atomic E-state index is 11.6. The molecule has 0 amide bonds. The number of hydrogen-bond donors (Lipinski definition) is 0. The van der Waals surface area contributed by atoms with Gasteiger partial charge in [-0.15, -0.1) is 0 Å². The summed E-state index contributed by atoms with van der Waals surface area (Å²) in [6.07, 6.45) is 6.67. The van der Waals surface area contributed by atoms with E-state index >= 15 is 0 Å². The number of Topliss-reactive ketones (excluding diaryl/α,β-unsaturated/α-hetero) is 1. The van der Waals surface area contributed by atoms with Crippen molar-refractivity contribution in [3.05, 3.63) is 94.0 Å². The minimum atomic E-state index is 0.0776. The summed E-state index contributed by atoms with van der Waals surface area (Å²) in [6, 6.07) is 23.1. The standard InChI is InChI=1S/C34H37NO2/c1-6-33-30(16-22(2)27-10-12-28(13-11-27)25(5)36)8-7-9-34(33)31-15-14-29(32(20-31)21-35)19-26-17-23(3)37-24(4)18-26/h7-16,20,23-24,26H,6,17-19H2,1-5H3/b22-16+. The van der Waals surface area contributed by atoms with E-state index in [0.717, 1.165) is 59.1 Å². The Labute approximate surface area is 221 Å². The normalized spacial score (nSPS) is 19.9. The van der Waals surface area contributed by atoms with Gasteiger partial charge in [0.1, 0.15) is 0 Å². The zero-order chi connectivity index (χ0) is 26.5. The van der Waals surface area contributed by atoms with Crippen molar-refractivity contribution < 1.29 is 9.53 Å². The van der Waals surface area contributed by atoms with E-state index in [1.807, 2.05) is 24.3 Å². The first-order valence-electron chi connectivity index (χ1n) is 13.4. The minimum Gasteiger partial charge on any atom is -0.376 e. The monoisotopic (exact) mass is 491 g/mol. The third-order valence-corrected chi connectivity index (χ3v) is 7.53. The van der Waals surface area contributed by atoms with Gasteiger partial charge in [0.15, 0.2) is 5.78 Å². The fourth-order valence-electron chi connectivity index (χ4n) is 5.74. The molecule has 1 aliphatic rings. The highest BCUT2D eigenvalue weighted by Crippen LogP contribution is 2.33. The lowest BCUT2D eigenvalue weighted by molar-refractivity contribution is -0.0518. The van der Waals surface area contributed by atoms with Crippen LogP contribution in [0.1, 0.15) is 85.6 Å². The molecule has 0 radical (unpaired) electrons. The van der Waals surface area contributed by atoms with Crippen LogP contribution in [0.25, 0.3) is 22.8 Å². The lowest BCUT2D eigenvalue weighted by Crippen LogP contribution is -2.30. The summed E-state index contributed by atoms with van der Waals surface area (Å²) >= 11 is 0. The van der Waals surface area contributed by atoms with E-state index in [1.54, 1.807) is 6.92 Å². The summed E-state index contributed by atoms with van der Waals surface area (Å²) in [5.74, 6) is 0.623. The molecule has 1 aliphatic heterocycles. The second-order valence-electron chi connectivity index (χ2n) is 10.5. The highest BCUT2D eigenvalue weighted by molar-refractivity contribution is 5.94.